The van der Waals surface area contributed by atoms with Gasteiger partial charge in [-0.25, -0.2) is 0 Å². The van der Waals surface area contributed by atoms with E-state index in [0.717, 1.165) is 19.3 Å². The Morgan fingerprint density at radius 2 is 2.04 bits per heavy atom. The topological polar surface area (TPSA) is 78.5 Å². The summed E-state index contributed by atoms with van der Waals surface area (Å²) in [6.45, 7) is 2.02. The van der Waals surface area contributed by atoms with Crippen molar-refractivity contribution in [1.82, 2.24) is 10.2 Å². The first-order valence-corrected chi connectivity index (χ1v) is 9.63. The Hall–Kier alpha value is -2.02. The SMILES string of the molecule is CC12CCC(=O)N1C(C(=O)Nc1ccccc1C(=O)NC1CC1)CS2. The number of nitrogens with zero attached hydrogens (tertiary/aromatic N) is 1. The third-order valence-electron chi connectivity index (χ3n) is 5.09. The molecule has 1 aliphatic carbocycles. The van der Waals surface area contributed by atoms with Crippen molar-refractivity contribution in [3.8, 4) is 0 Å². The first kappa shape index (κ1) is 16.4. The van der Waals surface area contributed by atoms with E-state index in [-0.39, 0.29) is 28.6 Å². The summed E-state index contributed by atoms with van der Waals surface area (Å²) in [4.78, 5) is 38.8. The monoisotopic (exact) mass is 359 g/mol. The van der Waals surface area contributed by atoms with Crippen LogP contribution in [-0.4, -0.2) is 45.3 Å². The van der Waals surface area contributed by atoms with E-state index in [1.165, 1.54) is 0 Å². The second-order valence-electron chi connectivity index (χ2n) is 7.05. The van der Waals surface area contributed by atoms with Gasteiger partial charge in [-0.1, -0.05) is 12.1 Å². The number of rotatable bonds is 4. The molecule has 2 aliphatic heterocycles. The van der Waals surface area contributed by atoms with Crippen LogP contribution in [0.2, 0.25) is 0 Å². The number of fused-ring (bicyclic) bond motifs is 1. The van der Waals surface area contributed by atoms with E-state index < -0.39 is 6.04 Å². The Morgan fingerprint density at radius 1 is 1.28 bits per heavy atom. The minimum atomic E-state index is -0.482. The Morgan fingerprint density at radius 3 is 2.80 bits per heavy atom. The van der Waals surface area contributed by atoms with Gasteiger partial charge in [0.05, 0.1) is 16.1 Å². The van der Waals surface area contributed by atoms with Crippen LogP contribution in [0, 0.1) is 0 Å². The molecule has 3 fully saturated rings. The highest BCUT2D eigenvalue weighted by atomic mass is 32.2. The molecule has 0 radical (unpaired) electrons. The maximum absolute atomic E-state index is 12.8. The summed E-state index contributed by atoms with van der Waals surface area (Å²) in [6, 6.07) is 6.78. The van der Waals surface area contributed by atoms with E-state index in [1.54, 1.807) is 40.9 Å². The minimum absolute atomic E-state index is 0.0346. The van der Waals surface area contributed by atoms with Gasteiger partial charge in [-0.2, -0.15) is 0 Å². The van der Waals surface area contributed by atoms with E-state index in [4.69, 9.17) is 0 Å². The average molecular weight is 359 g/mol. The molecule has 3 amide bonds. The molecule has 2 N–H and O–H groups in total. The minimum Gasteiger partial charge on any atom is -0.349 e. The number of nitrogens with one attached hydrogen (secondary N) is 2. The maximum atomic E-state index is 12.8. The van der Waals surface area contributed by atoms with E-state index in [0.29, 0.717) is 23.4 Å². The Bertz CT molecular complexity index is 749. The highest BCUT2D eigenvalue weighted by molar-refractivity contribution is 8.01. The molecule has 132 valence electrons. The van der Waals surface area contributed by atoms with Crippen LogP contribution in [0.5, 0.6) is 0 Å². The first-order chi connectivity index (χ1) is 12.0. The van der Waals surface area contributed by atoms with Crippen molar-refractivity contribution < 1.29 is 14.4 Å². The van der Waals surface area contributed by atoms with Crippen molar-refractivity contribution in [3.63, 3.8) is 0 Å². The molecule has 6 nitrogen and oxygen atoms in total. The van der Waals surface area contributed by atoms with Crippen LogP contribution >= 0.6 is 11.8 Å². The van der Waals surface area contributed by atoms with Crippen LogP contribution in [0.4, 0.5) is 5.69 Å². The zero-order chi connectivity index (χ0) is 17.6. The van der Waals surface area contributed by atoms with Gasteiger partial charge < -0.3 is 15.5 Å². The first-order valence-electron chi connectivity index (χ1n) is 8.65. The van der Waals surface area contributed by atoms with Gasteiger partial charge in [0.15, 0.2) is 0 Å². The molecule has 4 rings (SSSR count). The number of carbonyl (C=O) groups excluding carboxylic acids is 3. The lowest BCUT2D eigenvalue weighted by Crippen LogP contribution is -2.48. The molecule has 2 unspecified atom stereocenters. The fraction of sp³-hybridized carbons (Fsp3) is 0.500. The smallest absolute Gasteiger partial charge is 0.253 e. The summed E-state index contributed by atoms with van der Waals surface area (Å²) >= 11 is 1.66. The molecule has 1 aromatic carbocycles. The second-order valence-corrected chi connectivity index (χ2v) is 8.55. The van der Waals surface area contributed by atoms with Gasteiger partial charge in [-0.3, -0.25) is 14.4 Å². The molecular formula is C18H21N3O3S. The standard InChI is InChI=1S/C18H21N3O3S/c1-18-9-8-15(22)21(18)14(10-25-18)17(24)20-13-5-3-2-4-12(13)16(23)19-11-6-7-11/h2-5,11,14H,6-10H2,1H3,(H,19,23)(H,20,24). The maximum Gasteiger partial charge on any atom is 0.253 e. The molecule has 2 saturated heterocycles. The number of amides is 3. The lowest BCUT2D eigenvalue weighted by atomic mass is 10.1. The highest BCUT2D eigenvalue weighted by Crippen LogP contribution is 2.47. The van der Waals surface area contributed by atoms with Crippen LogP contribution in [-0.2, 0) is 9.59 Å². The molecule has 3 aliphatic rings. The van der Waals surface area contributed by atoms with Gasteiger partial charge in [-0.05, 0) is 38.3 Å². The molecule has 2 heterocycles. The van der Waals surface area contributed by atoms with E-state index in [9.17, 15) is 14.4 Å². The molecule has 7 heteroatoms. The number of anilines is 1. The quantitative estimate of drug-likeness (QED) is 0.862. The summed E-state index contributed by atoms with van der Waals surface area (Å²) < 4.78 is 0. The van der Waals surface area contributed by atoms with E-state index in [2.05, 4.69) is 10.6 Å². The van der Waals surface area contributed by atoms with Crippen LogP contribution in [0.25, 0.3) is 0 Å². The number of hydrogen-bond donors (Lipinski definition) is 2. The summed E-state index contributed by atoms with van der Waals surface area (Å²) in [7, 11) is 0. The molecule has 0 bridgehead atoms. The normalized spacial score (nSPS) is 28.0. The Kier molecular flexibility index (Phi) is 3.98. The second kappa shape index (κ2) is 6.05. The van der Waals surface area contributed by atoms with Crippen molar-refractivity contribution in [3.05, 3.63) is 29.8 Å². The fourth-order valence-electron chi connectivity index (χ4n) is 3.51. The van der Waals surface area contributed by atoms with Crippen molar-refractivity contribution >= 4 is 35.2 Å². The molecule has 0 spiro atoms. The summed E-state index contributed by atoms with van der Waals surface area (Å²) in [5, 5.41) is 5.81. The predicted octanol–water partition coefficient (Wildman–Crippen LogP) is 1.97. The van der Waals surface area contributed by atoms with Gasteiger partial charge in [0.1, 0.15) is 6.04 Å². The summed E-state index contributed by atoms with van der Waals surface area (Å²) in [5.41, 5.74) is 0.958. The van der Waals surface area contributed by atoms with Gasteiger partial charge >= 0.3 is 0 Å². The molecule has 1 saturated carbocycles. The third-order valence-corrected chi connectivity index (χ3v) is 6.59. The van der Waals surface area contributed by atoms with Gasteiger partial charge in [0, 0.05) is 18.2 Å². The Labute approximate surface area is 150 Å². The van der Waals surface area contributed by atoms with Crippen molar-refractivity contribution in [2.24, 2.45) is 0 Å². The van der Waals surface area contributed by atoms with Crippen LogP contribution in [0.3, 0.4) is 0 Å². The van der Waals surface area contributed by atoms with Crippen LogP contribution in [0.15, 0.2) is 24.3 Å². The summed E-state index contributed by atoms with van der Waals surface area (Å²) in [5.74, 6) is 0.233. The Balaban J connectivity index is 1.51. The lowest BCUT2D eigenvalue weighted by Gasteiger charge is -2.30. The molecule has 1 aromatic rings. The number of para-hydroxylation sites is 1. The largest absolute Gasteiger partial charge is 0.349 e. The number of benzene rings is 1. The fourth-order valence-corrected chi connectivity index (χ4v) is 4.94. The number of thioether (sulfide) groups is 1. The highest BCUT2D eigenvalue weighted by Gasteiger charge is 2.52. The average Bonchev–Trinajstić information content (AvgIpc) is 3.26. The number of hydrogen-bond acceptors (Lipinski definition) is 4. The van der Waals surface area contributed by atoms with Crippen molar-refractivity contribution in [2.75, 3.05) is 11.1 Å². The van der Waals surface area contributed by atoms with E-state index in [1.807, 2.05) is 6.92 Å². The molecule has 2 atom stereocenters. The zero-order valence-electron chi connectivity index (χ0n) is 14.1. The third kappa shape index (κ3) is 3.01. The van der Waals surface area contributed by atoms with Crippen molar-refractivity contribution in [2.45, 2.75) is 49.6 Å². The van der Waals surface area contributed by atoms with Crippen molar-refractivity contribution in [1.29, 1.82) is 0 Å². The molecule has 0 aromatic heterocycles. The summed E-state index contributed by atoms with van der Waals surface area (Å²) in [6.07, 6.45) is 3.29. The predicted molar refractivity (Wildman–Crippen MR) is 96.3 cm³/mol. The van der Waals surface area contributed by atoms with Gasteiger partial charge in [0.25, 0.3) is 5.91 Å². The van der Waals surface area contributed by atoms with Crippen LogP contribution in [0.1, 0.15) is 43.0 Å². The molecule has 25 heavy (non-hydrogen) atoms. The lowest BCUT2D eigenvalue weighted by molar-refractivity contribution is -0.135. The number of carbonyl (C=O) groups is 3. The zero-order valence-corrected chi connectivity index (χ0v) is 14.9. The van der Waals surface area contributed by atoms with Gasteiger partial charge in [-0.15, -0.1) is 11.8 Å². The van der Waals surface area contributed by atoms with E-state index >= 15 is 0 Å². The molecular weight excluding hydrogens is 338 g/mol. The van der Waals surface area contributed by atoms with Gasteiger partial charge in [0.2, 0.25) is 11.8 Å². The van der Waals surface area contributed by atoms with Crippen LogP contribution < -0.4 is 10.6 Å².